The number of ether oxygens (including phenoxy) is 1. The molecule has 2 aliphatic rings. The summed E-state index contributed by atoms with van der Waals surface area (Å²) in [5, 5.41) is 13.1. The van der Waals surface area contributed by atoms with Crippen molar-refractivity contribution in [2.24, 2.45) is 0 Å². The van der Waals surface area contributed by atoms with Crippen molar-refractivity contribution in [3.05, 3.63) is 64.5 Å². The Hall–Kier alpha value is -3.55. The van der Waals surface area contributed by atoms with Crippen LogP contribution in [0, 0.1) is 6.92 Å². The molecule has 1 saturated carbocycles. The van der Waals surface area contributed by atoms with Crippen LogP contribution in [0.25, 0.3) is 0 Å². The molecule has 2 N–H and O–H groups in total. The van der Waals surface area contributed by atoms with E-state index in [-0.39, 0.29) is 18.0 Å². The van der Waals surface area contributed by atoms with Crippen molar-refractivity contribution in [3.8, 4) is 5.75 Å². The third-order valence-corrected chi connectivity index (χ3v) is 8.73. The van der Waals surface area contributed by atoms with Gasteiger partial charge in [-0.25, -0.2) is 4.79 Å². The van der Waals surface area contributed by atoms with Gasteiger partial charge in [-0.15, -0.1) is 0 Å². The molecule has 1 aliphatic carbocycles. The van der Waals surface area contributed by atoms with Gasteiger partial charge in [-0.2, -0.15) is 0 Å². The molecule has 0 unspecified atom stereocenters. The highest BCUT2D eigenvalue weighted by Gasteiger charge is 2.37. The van der Waals surface area contributed by atoms with E-state index >= 15 is 0 Å². The highest BCUT2D eigenvalue weighted by Crippen LogP contribution is 2.35. The summed E-state index contributed by atoms with van der Waals surface area (Å²) in [5.41, 5.74) is 5.53. The van der Waals surface area contributed by atoms with E-state index in [0.29, 0.717) is 18.5 Å². The van der Waals surface area contributed by atoms with Crippen LogP contribution in [0.3, 0.4) is 0 Å². The fraction of sp³-hybridized carbons (Fsp3) is 0.559. The Balaban J connectivity index is 1.62. The van der Waals surface area contributed by atoms with E-state index in [1.165, 1.54) is 5.56 Å². The number of carboxylic acid groups (broad SMARTS) is 1. The largest absolute Gasteiger partial charge is 0.496 e. The Morgan fingerprint density at radius 2 is 1.81 bits per heavy atom. The van der Waals surface area contributed by atoms with Crippen molar-refractivity contribution >= 4 is 17.7 Å². The number of carbonyl (C=O) groups excluding carboxylic acids is 1. The van der Waals surface area contributed by atoms with Crippen molar-refractivity contribution in [2.75, 3.05) is 18.6 Å². The summed E-state index contributed by atoms with van der Waals surface area (Å²) >= 11 is 0. The number of aryl methyl sites for hydroxylation is 2. The molecule has 1 aromatic heterocycles. The molecule has 0 bridgehead atoms. The van der Waals surface area contributed by atoms with Crippen LogP contribution in [0.2, 0.25) is 0 Å². The molecule has 1 aromatic carbocycles. The van der Waals surface area contributed by atoms with Gasteiger partial charge in [0.1, 0.15) is 5.75 Å². The smallest absolute Gasteiger partial charge is 0.407 e. The van der Waals surface area contributed by atoms with E-state index in [1.807, 2.05) is 33.0 Å². The molecular weight excluding hydrogens is 528 g/mol. The molecule has 0 radical (unpaired) electrons. The second kappa shape index (κ2) is 13.6. The predicted octanol–water partition coefficient (Wildman–Crippen LogP) is 6.68. The number of hydrogen-bond donors (Lipinski definition) is 2. The third-order valence-electron chi connectivity index (χ3n) is 8.73. The summed E-state index contributed by atoms with van der Waals surface area (Å²) in [6, 6.07) is 4.49. The summed E-state index contributed by atoms with van der Waals surface area (Å²) in [5.74, 6) is 0.672. The van der Waals surface area contributed by atoms with E-state index in [1.54, 1.807) is 18.2 Å². The Kier molecular flexibility index (Phi) is 10.2. The lowest BCUT2D eigenvalue weighted by molar-refractivity contribution is 0.0545. The van der Waals surface area contributed by atoms with Gasteiger partial charge in [0.25, 0.3) is 5.91 Å². The summed E-state index contributed by atoms with van der Waals surface area (Å²) in [7, 11) is 1.68. The number of fused-ring (bicyclic) bond motifs is 2. The monoisotopic (exact) mass is 576 g/mol. The zero-order valence-electron chi connectivity index (χ0n) is 26.2. The molecule has 228 valence electrons. The van der Waals surface area contributed by atoms with Crippen LogP contribution >= 0.6 is 0 Å². The number of nitrogens with one attached hydrogen (secondary N) is 1. The van der Waals surface area contributed by atoms with Gasteiger partial charge in [-0.05, 0) is 109 Å². The number of carbonyl (C=O) groups is 2. The number of aromatic nitrogens is 1. The average molecular weight is 577 g/mol. The Labute approximate surface area is 251 Å². The van der Waals surface area contributed by atoms with Gasteiger partial charge in [0.15, 0.2) is 0 Å². The molecule has 2 heterocycles. The van der Waals surface area contributed by atoms with Gasteiger partial charge in [-0.3, -0.25) is 9.78 Å². The lowest BCUT2D eigenvalue weighted by Crippen LogP contribution is -2.53. The molecule has 8 nitrogen and oxygen atoms in total. The van der Waals surface area contributed by atoms with E-state index in [4.69, 9.17) is 4.74 Å². The average Bonchev–Trinajstić information content (AvgIpc) is 2.95. The molecule has 0 spiro atoms. The van der Waals surface area contributed by atoms with Crippen molar-refractivity contribution in [1.29, 1.82) is 0 Å². The number of benzene rings is 1. The Morgan fingerprint density at radius 1 is 1.10 bits per heavy atom. The molecule has 1 aliphatic heterocycles. The number of pyridine rings is 1. The number of amides is 2. The standard InChI is InChI=1S/C34H48N4O4/c1-7-37(25-14-16-26(17-15-25)38(33(40)41)34(3,4)5)30-22-35-20-29-27(30)13-11-9-8-10-12-24-18-23(2)19-31(42-6)28(24)21-36-32(29)39/h9,11,18-20,22,25-26H,7-8,10,12-17,21H2,1-6H3,(H,36,39)(H,40,41). The maximum atomic E-state index is 13.7. The minimum atomic E-state index is -0.852. The normalized spacial score (nSPS) is 19.7. The molecule has 0 saturated heterocycles. The van der Waals surface area contributed by atoms with Gasteiger partial charge < -0.3 is 25.0 Å². The minimum Gasteiger partial charge on any atom is -0.496 e. The third kappa shape index (κ3) is 7.08. The Bertz CT molecular complexity index is 1290. The van der Waals surface area contributed by atoms with Gasteiger partial charge in [0.2, 0.25) is 0 Å². The Morgan fingerprint density at radius 3 is 2.45 bits per heavy atom. The van der Waals surface area contributed by atoms with Crippen LogP contribution in [0.1, 0.15) is 98.8 Å². The topological polar surface area (TPSA) is 95.0 Å². The number of hydrogen-bond acceptors (Lipinski definition) is 5. The molecule has 4 rings (SSSR count). The zero-order valence-corrected chi connectivity index (χ0v) is 26.2. The van der Waals surface area contributed by atoms with Crippen LogP contribution in [0.4, 0.5) is 10.5 Å². The predicted molar refractivity (Wildman–Crippen MR) is 168 cm³/mol. The first-order valence-corrected chi connectivity index (χ1v) is 15.4. The highest BCUT2D eigenvalue weighted by atomic mass is 16.5. The summed E-state index contributed by atoms with van der Waals surface area (Å²) in [4.78, 5) is 34.3. The molecule has 1 fully saturated rings. The fourth-order valence-electron chi connectivity index (χ4n) is 6.83. The number of nitrogens with zero attached hydrogens (tertiary/aromatic N) is 3. The van der Waals surface area contributed by atoms with Gasteiger partial charge in [-0.1, -0.05) is 18.2 Å². The van der Waals surface area contributed by atoms with Crippen LogP contribution < -0.4 is 15.0 Å². The summed E-state index contributed by atoms with van der Waals surface area (Å²) in [6.07, 6.45) is 14.1. The first-order valence-electron chi connectivity index (χ1n) is 15.4. The molecule has 2 aromatic rings. The highest BCUT2D eigenvalue weighted by molar-refractivity contribution is 5.97. The minimum absolute atomic E-state index is 0.00762. The lowest BCUT2D eigenvalue weighted by atomic mass is 9.86. The van der Waals surface area contributed by atoms with Crippen molar-refractivity contribution in [1.82, 2.24) is 15.2 Å². The van der Waals surface area contributed by atoms with E-state index in [9.17, 15) is 14.7 Å². The second-order valence-corrected chi connectivity index (χ2v) is 12.6. The van der Waals surface area contributed by atoms with Gasteiger partial charge in [0, 0.05) is 42.5 Å². The number of allylic oxidation sites excluding steroid dienone is 2. The zero-order chi connectivity index (χ0) is 30.4. The number of methoxy groups -OCH3 is 1. The molecule has 0 atom stereocenters. The van der Waals surface area contributed by atoms with Crippen molar-refractivity contribution in [3.63, 3.8) is 0 Å². The fourth-order valence-corrected chi connectivity index (χ4v) is 6.83. The first kappa shape index (κ1) is 31.4. The summed E-state index contributed by atoms with van der Waals surface area (Å²) < 4.78 is 5.71. The lowest BCUT2D eigenvalue weighted by Gasteiger charge is -2.45. The van der Waals surface area contributed by atoms with Crippen LogP contribution in [-0.4, -0.2) is 58.3 Å². The van der Waals surface area contributed by atoms with Gasteiger partial charge in [0.05, 0.1) is 24.6 Å². The summed E-state index contributed by atoms with van der Waals surface area (Å²) in [6.45, 7) is 11.3. The number of rotatable bonds is 5. The second-order valence-electron chi connectivity index (χ2n) is 12.6. The van der Waals surface area contributed by atoms with Crippen LogP contribution in [0.15, 0.2) is 36.7 Å². The van der Waals surface area contributed by atoms with Crippen LogP contribution in [0.5, 0.6) is 5.75 Å². The SMILES string of the molecule is CCN(c1cncc2c1CC=CCCCc1cc(C)cc(OC)c1CNC2=O)C1CCC(N(C(=O)O)C(C)(C)C)CC1. The van der Waals surface area contributed by atoms with Crippen LogP contribution in [-0.2, 0) is 19.4 Å². The van der Waals surface area contributed by atoms with E-state index in [0.717, 1.165) is 79.6 Å². The molecule has 8 heteroatoms. The quantitative estimate of drug-likeness (QED) is 0.386. The van der Waals surface area contributed by atoms with Gasteiger partial charge >= 0.3 is 6.09 Å². The van der Waals surface area contributed by atoms with Crippen molar-refractivity contribution in [2.45, 2.75) is 110 Å². The first-order chi connectivity index (χ1) is 20.0. The number of anilines is 1. The van der Waals surface area contributed by atoms with E-state index < -0.39 is 11.6 Å². The van der Waals surface area contributed by atoms with E-state index in [2.05, 4.69) is 47.3 Å². The maximum Gasteiger partial charge on any atom is 0.407 e. The van der Waals surface area contributed by atoms with Crippen molar-refractivity contribution < 1.29 is 19.4 Å². The molecular formula is C34H48N4O4. The molecule has 2 amide bonds. The molecule has 42 heavy (non-hydrogen) atoms. The maximum absolute atomic E-state index is 13.7.